The maximum Gasteiger partial charge on any atom is 0.248 e. The van der Waals surface area contributed by atoms with Crippen LogP contribution < -0.4 is 14.8 Å². The summed E-state index contributed by atoms with van der Waals surface area (Å²) in [6.45, 7) is 0.341. The minimum Gasteiger partial charge on any atom is -0.497 e. The molecule has 1 amide bonds. The highest BCUT2D eigenvalue weighted by molar-refractivity contribution is 6.35. The number of carbonyl (C=O) groups excluding carboxylic acids is 1. The van der Waals surface area contributed by atoms with Crippen molar-refractivity contribution in [3.05, 3.63) is 94.0 Å². The Kier molecular flexibility index (Phi) is 7.17. The van der Waals surface area contributed by atoms with Gasteiger partial charge >= 0.3 is 0 Å². The molecule has 0 unspecified atom stereocenters. The van der Waals surface area contributed by atoms with Crippen molar-refractivity contribution in [3.63, 3.8) is 0 Å². The van der Waals surface area contributed by atoms with Crippen molar-refractivity contribution >= 4 is 40.9 Å². The average molecular weight is 428 g/mol. The van der Waals surface area contributed by atoms with E-state index in [0.717, 1.165) is 11.1 Å². The quantitative estimate of drug-likeness (QED) is 0.454. The summed E-state index contributed by atoms with van der Waals surface area (Å²) in [7, 11) is 1.58. The van der Waals surface area contributed by atoms with Crippen LogP contribution in [0.15, 0.2) is 72.8 Å². The van der Waals surface area contributed by atoms with Crippen LogP contribution in [0.3, 0.4) is 0 Å². The molecule has 29 heavy (non-hydrogen) atoms. The van der Waals surface area contributed by atoms with Gasteiger partial charge in [0, 0.05) is 33.4 Å². The smallest absolute Gasteiger partial charge is 0.248 e. The van der Waals surface area contributed by atoms with Gasteiger partial charge in [-0.3, -0.25) is 4.79 Å². The minimum absolute atomic E-state index is 0.226. The van der Waals surface area contributed by atoms with Gasteiger partial charge in [-0.15, -0.1) is 0 Å². The van der Waals surface area contributed by atoms with E-state index in [2.05, 4.69) is 5.32 Å². The first-order chi connectivity index (χ1) is 14.0. The van der Waals surface area contributed by atoms with Gasteiger partial charge in [-0.1, -0.05) is 47.5 Å². The SMILES string of the molecule is COc1cccc(NC(=O)C=Cc2ccc(OCc3ccc(Cl)cc3Cl)cc2)c1. The van der Waals surface area contributed by atoms with Crippen molar-refractivity contribution in [2.24, 2.45) is 0 Å². The van der Waals surface area contributed by atoms with Gasteiger partial charge in [-0.25, -0.2) is 0 Å². The van der Waals surface area contributed by atoms with Crippen LogP contribution in [-0.2, 0) is 11.4 Å². The van der Waals surface area contributed by atoms with E-state index in [-0.39, 0.29) is 5.91 Å². The number of amides is 1. The highest BCUT2D eigenvalue weighted by Crippen LogP contribution is 2.23. The molecule has 0 aliphatic heterocycles. The van der Waals surface area contributed by atoms with Crippen LogP contribution in [-0.4, -0.2) is 13.0 Å². The van der Waals surface area contributed by atoms with Gasteiger partial charge in [-0.05, 0) is 48.0 Å². The topological polar surface area (TPSA) is 47.6 Å². The number of methoxy groups -OCH3 is 1. The molecule has 0 aliphatic carbocycles. The van der Waals surface area contributed by atoms with Crippen LogP contribution in [0, 0.1) is 0 Å². The molecule has 3 aromatic carbocycles. The van der Waals surface area contributed by atoms with E-state index >= 15 is 0 Å². The molecule has 1 N–H and O–H groups in total. The first-order valence-electron chi connectivity index (χ1n) is 8.83. The molecule has 3 rings (SSSR count). The Morgan fingerprint density at radius 2 is 1.79 bits per heavy atom. The predicted octanol–water partition coefficient (Wildman–Crippen LogP) is 6.23. The van der Waals surface area contributed by atoms with E-state index in [4.69, 9.17) is 32.7 Å². The fraction of sp³-hybridized carbons (Fsp3) is 0.0870. The fourth-order valence-corrected chi connectivity index (χ4v) is 2.99. The van der Waals surface area contributed by atoms with Crippen molar-refractivity contribution < 1.29 is 14.3 Å². The number of hydrogen-bond donors (Lipinski definition) is 1. The zero-order valence-electron chi connectivity index (χ0n) is 15.7. The molecular weight excluding hydrogens is 409 g/mol. The summed E-state index contributed by atoms with van der Waals surface area (Å²) in [4.78, 5) is 12.1. The Hall–Kier alpha value is -2.95. The van der Waals surface area contributed by atoms with E-state index in [0.29, 0.717) is 33.8 Å². The highest BCUT2D eigenvalue weighted by atomic mass is 35.5. The number of anilines is 1. The second-order valence-corrected chi connectivity index (χ2v) is 6.99. The first-order valence-corrected chi connectivity index (χ1v) is 9.59. The Morgan fingerprint density at radius 3 is 2.52 bits per heavy atom. The number of carbonyl (C=O) groups is 1. The van der Waals surface area contributed by atoms with E-state index in [1.807, 2.05) is 42.5 Å². The van der Waals surface area contributed by atoms with E-state index in [9.17, 15) is 4.79 Å². The standard InChI is InChI=1S/C23H19Cl2NO3/c1-28-21-4-2-3-19(14-21)26-23(27)12-7-16-5-10-20(11-6-16)29-15-17-8-9-18(24)13-22(17)25/h2-14H,15H2,1H3,(H,26,27). The van der Waals surface area contributed by atoms with Gasteiger partial charge in [0.25, 0.3) is 0 Å². The molecule has 0 saturated heterocycles. The lowest BCUT2D eigenvalue weighted by atomic mass is 10.2. The predicted molar refractivity (Wildman–Crippen MR) is 118 cm³/mol. The lowest BCUT2D eigenvalue weighted by molar-refractivity contribution is -0.111. The van der Waals surface area contributed by atoms with Gasteiger partial charge in [0.15, 0.2) is 0 Å². The minimum atomic E-state index is -0.226. The molecule has 4 nitrogen and oxygen atoms in total. The molecular formula is C23H19Cl2NO3. The van der Waals surface area contributed by atoms with Gasteiger partial charge in [0.05, 0.1) is 7.11 Å². The number of ether oxygens (including phenoxy) is 2. The largest absolute Gasteiger partial charge is 0.497 e. The summed E-state index contributed by atoms with van der Waals surface area (Å²) in [5, 5.41) is 3.95. The van der Waals surface area contributed by atoms with Crippen LogP contribution in [0.1, 0.15) is 11.1 Å². The maximum absolute atomic E-state index is 12.1. The normalized spacial score (nSPS) is 10.7. The van der Waals surface area contributed by atoms with Crippen LogP contribution in [0.4, 0.5) is 5.69 Å². The molecule has 0 spiro atoms. The molecule has 0 radical (unpaired) electrons. The second-order valence-electron chi connectivity index (χ2n) is 6.15. The molecule has 0 heterocycles. The zero-order chi connectivity index (χ0) is 20.6. The number of halogens is 2. The summed E-state index contributed by atoms with van der Waals surface area (Å²) in [5.41, 5.74) is 2.40. The molecule has 0 fully saturated rings. The summed E-state index contributed by atoms with van der Waals surface area (Å²) in [5.74, 6) is 1.16. The lowest BCUT2D eigenvalue weighted by Gasteiger charge is -2.08. The van der Waals surface area contributed by atoms with Crippen molar-refractivity contribution in [3.8, 4) is 11.5 Å². The summed E-state index contributed by atoms with van der Waals surface area (Å²) >= 11 is 12.0. The molecule has 3 aromatic rings. The third-order valence-electron chi connectivity index (χ3n) is 4.05. The zero-order valence-corrected chi connectivity index (χ0v) is 17.2. The van der Waals surface area contributed by atoms with E-state index in [1.165, 1.54) is 6.08 Å². The number of benzene rings is 3. The van der Waals surface area contributed by atoms with Crippen molar-refractivity contribution in [1.29, 1.82) is 0 Å². The molecule has 6 heteroatoms. The maximum atomic E-state index is 12.1. The summed E-state index contributed by atoms with van der Waals surface area (Å²) in [6.07, 6.45) is 3.21. The Labute approximate surface area is 179 Å². The Morgan fingerprint density at radius 1 is 1.00 bits per heavy atom. The lowest BCUT2D eigenvalue weighted by Crippen LogP contribution is -2.07. The monoisotopic (exact) mass is 427 g/mol. The molecule has 0 bridgehead atoms. The number of hydrogen-bond acceptors (Lipinski definition) is 3. The Bertz CT molecular complexity index is 1020. The van der Waals surface area contributed by atoms with Crippen LogP contribution >= 0.6 is 23.2 Å². The van der Waals surface area contributed by atoms with Crippen LogP contribution in [0.25, 0.3) is 6.08 Å². The summed E-state index contributed by atoms with van der Waals surface area (Å²) in [6, 6.07) is 19.9. The van der Waals surface area contributed by atoms with Gasteiger partial charge in [-0.2, -0.15) is 0 Å². The van der Waals surface area contributed by atoms with E-state index < -0.39 is 0 Å². The van der Waals surface area contributed by atoms with Gasteiger partial charge < -0.3 is 14.8 Å². The van der Waals surface area contributed by atoms with E-state index in [1.54, 1.807) is 37.5 Å². The molecule has 0 aliphatic rings. The average Bonchev–Trinajstić information content (AvgIpc) is 2.72. The fourth-order valence-electron chi connectivity index (χ4n) is 2.53. The van der Waals surface area contributed by atoms with Crippen molar-refractivity contribution in [1.82, 2.24) is 0 Å². The second kappa shape index (κ2) is 10.0. The van der Waals surface area contributed by atoms with Crippen LogP contribution in [0.5, 0.6) is 11.5 Å². The highest BCUT2D eigenvalue weighted by Gasteiger charge is 2.03. The molecule has 148 valence electrons. The van der Waals surface area contributed by atoms with Gasteiger partial charge in [0.2, 0.25) is 5.91 Å². The third-order valence-corrected chi connectivity index (χ3v) is 4.64. The molecule has 0 saturated carbocycles. The Balaban J connectivity index is 1.54. The van der Waals surface area contributed by atoms with Crippen LogP contribution in [0.2, 0.25) is 10.0 Å². The van der Waals surface area contributed by atoms with Crippen molar-refractivity contribution in [2.45, 2.75) is 6.61 Å². The number of nitrogens with one attached hydrogen (secondary N) is 1. The van der Waals surface area contributed by atoms with Gasteiger partial charge in [0.1, 0.15) is 18.1 Å². The number of rotatable bonds is 7. The first kappa shape index (κ1) is 20.8. The molecule has 0 atom stereocenters. The van der Waals surface area contributed by atoms with Crippen molar-refractivity contribution in [2.75, 3.05) is 12.4 Å². The third kappa shape index (κ3) is 6.28. The summed E-state index contributed by atoms with van der Waals surface area (Å²) < 4.78 is 10.9. The molecule has 0 aromatic heterocycles.